The summed E-state index contributed by atoms with van der Waals surface area (Å²) in [6.07, 6.45) is 0.799. The van der Waals surface area contributed by atoms with E-state index in [-0.39, 0.29) is 6.10 Å². The molecule has 0 aliphatic carbocycles. The van der Waals surface area contributed by atoms with Crippen molar-refractivity contribution in [3.05, 3.63) is 20.2 Å². The lowest BCUT2D eigenvalue weighted by molar-refractivity contribution is 0.0572. The van der Waals surface area contributed by atoms with Crippen LogP contribution in [0.1, 0.15) is 45.3 Å². The molecule has 0 radical (unpaired) electrons. The Balaban J connectivity index is 3.18. The maximum atomic E-state index is 6.19. The summed E-state index contributed by atoms with van der Waals surface area (Å²) in [4.78, 5) is 8.99. The highest BCUT2D eigenvalue weighted by molar-refractivity contribution is 14.1. The van der Waals surface area contributed by atoms with E-state index in [9.17, 15) is 0 Å². The smallest absolute Gasteiger partial charge is 0.159 e. The Hall–Kier alpha value is 0.0600. The van der Waals surface area contributed by atoms with Crippen molar-refractivity contribution >= 4 is 34.2 Å². The second-order valence-corrected chi connectivity index (χ2v) is 6.57. The molecule has 18 heavy (non-hydrogen) atoms. The molecule has 1 unspecified atom stereocenters. The summed E-state index contributed by atoms with van der Waals surface area (Å²) in [5, 5.41) is 0.527. The molecular weight excluding hydrogens is 363 g/mol. The molecule has 0 bridgehead atoms. The van der Waals surface area contributed by atoms with Crippen LogP contribution >= 0.6 is 34.2 Å². The quantitative estimate of drug-likeness (QED) is 0.563. The fourth-order valence-electron chi connectivity index (χ4n) is 1.81. The maximum absolute atomic E-state index is 6.19. The standard InChI is InChI=1S/C13H20ClIN2O/c1-7(2)6-9-10(15)12(14)17-13(16-9)11(18-5)8(3)4/h7-8,11H,6H2,1-5H3. The van der Waals surface area contributed by atoms with Crippen molar-refractivity contribution in [3.8, 4) is 0 Å². The van der Waals surface area contributed by atoms with E-state index in [1.165, 1.54) is 0 Å². The van der Waals surface area contributed by atoms with Crippen LogP contribution in [0, 0.1) is 15.4 Å². The molecule has 0 aliphatic heterocycles. The lowest BCUT2D eigenvalue weighted by atomic mass is 10.1. The predicted octanol–water partition coefficient (Wildman–Crippen LogP) is 4.28. The normalized spacial score (nSPS) is 13.4. The molecule has 0 amide bonds. The van der Waals surface area contributed by atoms with Crippen LogP contribution in [-0.2, 0) is 11.2 Å². The van der Waals surface area contributed by atoms with Crippen molar-refractivity contribution in [1.29, 1.82) is 0 Å². The second-order valence-electron chi connectivity index (χ2n) is 5.13. The van der Waals surface area contributed by atoms with Crippen molar-refractivity contribution < 1.29 is 4.74 Å². The average Bonchev–Trinajstić information content (AvgIpc) is 2.24. The van der Waals surface area contributed by atoms with Gasteiger partial charge >= 0.3 is 0 Å². The van der Waals surface area contributed by atoms with E-state index in [4.69, 9.17) is 16.3 Å². The van der Waals surface area contributed by atoms with Crippen LogP contribution in [0.3, 0.4) is 0 Å². The summed E-state index contributed by atoms with van der Waals surface area (Å²) in [6, 6.07) is 0. The van der Waals surface area contributed by atoms with E-state index >= 15 is 0 Å². The Morgan fingerprint density at radius 1 is 1.22 bits per heavy atom. The van der Waals surface area contributed by atoms with Gasteiger partial charge in [0.1, 0.15) is 11.3 Å². The van der Waals surface area contributed by atoms with Crippen LogP contribution in [0.2, 0.25) is 5.15 Å². The van der Waals surface area contributed by atoms with Gasteiger partial charge in [0.25, 0.3) is 0 Å². The molecule has 3 nitrogen and oxygen atoms in total. The first-order valence-corrected chi connectivity index (χ1v) is 7.57. The highest BCUT2D eigenvalue weighted by Crippen LogP contribution is 2.27. The highest BCUT2D eigenvalue weighted by atomic mass is 127. The third-order valence-electron chi connectivity index (χ3n) is 2.61. The first-order chi connectivity index (χ1) is 8.36. The number of aromatic nitrogens is 2. The number of halogens is 2. The van der Waals surface area contributed by atoms with Gasteiger partial charge in [0.2, 0.25) is 0 Å². The van der Waals surface area contributed by atoms with Crippen molar-refractivity contribution in [2.24, 2.45) is 11.8 Å². The number of hydrogen-bond acceptors (Lipinski definition) is 3. The van der Waals surface area contributed by atoms with Crippen LogP contribution in [0.5, 0.6) is 0 Å². The summed E-state index contributed by atoms with van der Waals surface area (Å²) < 4.78 is 6.42. The van der Waals surface area contributed by atoms with E-state index in [0.29, 0.717) is 22.8 Å². The summed E-state index contributed by atoms with van der Waals surface area (Å²) in [5.74, 6) is 1.55. The summed E-state index contributed by atoms with van der Waals surface area (Å²) in [7, 11) is 1.68. The first kappa shape index (κ1) is 16.1. The van der Waals surface area contributed by atoms with Crippen LogP contribution in [0.15, 0.2) is 0 Å². The minimum absolute atomic E-state index is 0.106. The predicted molar refractivity (Wildman–Crippen MR) is 82.9 cm³/mol. The zero-order chi connectivity index (χ0) is 13.9. The van der Waals surface area contributed by atoms with Gasteiger partial charge in [0.05, 0.1) is 9.26 Å². The molecule has 1 heterocycles. The molecule has 0 fully saturated rings. The van der Waals surface area contributed by atoms with Gasteiger partial charge in [-0.25, -0.2) is 9.97 Å². The van der Waals surface area contributed by atoms with Crippen LogP contribution in [0.4, 0.5) is 0 Å². The number of nitrogens with zero attached hydrogens (tertiary/aromatic N) is 2. The minimum atomic E-state index is -0.106. The van der Waals surface area contributed by atoms with Gasteiger partial charge in [-0.1, -0.05) is 39.3 Å². The third kappa shape index (κ3) is 4.03. The van der Waals surface area contributed by atoms with Crippen molar-refractivity contribution in [2.75, 3.05) is 7.11 Å². The zero-order valence-electron chi connectivity index (χ0n) is 11.5. The number of methoxy groups -OCH3 is 1. The monoisotopic (exact) mass is 382 g/mol. The molecular formula is C13H20ClIN2O. The van der Waals surface area contributed by atoms with Gasteiger partial charge in [0.15, 0.2) is 5.82 Å². The molecule has 0 aliphatic rings. The van der Waals surface area contributed by atoms with Gasteiger partial charge < -0.3 is 4.74 Å². The Labute approximate surface area is 128 Å². The van der Waals surface area contributed by atoms with E-state index < -0.39 is 0 Å². The molecule has 1 rings (SSSR count). The highest BCUT2D eigenvalue weighted by Gasteiger charge is 2.21. The largest absolute Gasteiger partial charge is 0.373 e. The fraction of sp³-hybridized carbons (Fsp3) is 0.692. The van der Waals surface area contributed by atoms with E-state index in [1.807, 2.05) is 0 Å². The van der Waals surface area contributed by atoms with Gasteiger partial charge in [-0.2, -0.15) is 0 Å². The molecule has 0 saturated carbocycles. The molecule has 1 aromatic rings. The van der Waals surface area contributed by atoms with Crippen LogP contribution < -0.4 is 0 Å². The number of hydrogen-bond donors (Lipinski definition) is 0. The van der Waals surface area contributed by atoms with E-state index in [2.05, 4.69) is 60.3 Å². The molecule has 0 saturated heterocycles. The molecule has 102 valence electrons. The average molecular weight is 383 g/mol. The Bertz CT molecular complexity index is 410. The third-order valence-corrected chi connectivity index (χ3v) is 4.34. The van der Waals surface area contributed by atoms with Crippen molar-refractivity contribution in [1.82, 2.24) is 9.97 Å². The number of rotatable bonds is 5. The Kier molecular flexibility index (Phi) is 6.27. The maximum Gasteiger partial charge on any atom is 0.159 e. The second kappa shape index (κ2) is 7.01. The molecule has 5 heteroatoms. The number of ether oxygens (including phenoxy) is 1. The molecule has 0 N–H and O–H groups in total. The molecule has 0 spiro atoms. The van der Waals surface area contributed by atoms with Crippen LogP contribution in [-0.4, -0.2) is 17.1 Å². The first-order valence-electron chi connectivity index (χ1n) is 6.11. The van der Waals surface area contributed by atoms with Gasteiger partial charge in [-0.05, 0) is 40.8 Å². The minimum Gasteiger partial charge on any atom is -0.373 e. The molecule has 1 atom stereocenters. The SMILES string of the molecule is COC(c1nc(Cl)c(I)c(CC(C)C)n1)C(C)C. The lowest BCUT2D eigenvalue weighted by Crippen LogP contribution is -2.15. The van der Waals surface area contributed by atoms with E-state index in [1.54, 1.807) is 7.11 Å². The van der Waals surface area contributed by atoms with Crippen molar-refractivity contribution in [3.63, 3.8) is 0 Å². The Morgan fingerprint density at radius 2 is 1.83 bits per heavy atom. The van der Waals surface area contributed by atoms with E-state index in [0.717, 1.165) is 15.7 Å². The topological polar surface area (TPSA) is 35.0 Å². The summed E-state index contributed by atoms with van der Waals surface area (Å²) in [5.41, 5.74) is 1.02. The van der Waals surface area contributed by atoms with Gasteiger partial charge in [0, 0.05) is 7.11 Å². The fourth-order valence-corrected chi connectivity index (χ4v) is 2.46. The van der Waals surface area contributed by atoms with Crippen molar-refractivity contribution in [2.45, 2.75) is 40.2 Å². The zero-order valence-corrected chi connectivity index (χ0v) is 14.4. The van der Waals surface area contributed by atoms with Crippen LogP contribution in [0.25, 0.3) is 0 Å². The summed E-state index contributed by atoms with van der Waals surface area (Å²) >= 11 is 8.40. The van der Waals surface area contributed by atoms with Gasteiger partial charge in [-0.15, -0.1) is 0 Å². The molecule has 1 aromatic heterocycles. The molecule has 0 aromatic carbocycles. The summed E-state index contributed by atoms with van der Waals surface area (Å²) in [6.45, 7) is 8.51. The van der Waals surface area contributed by atoms with Gasteiger partial charge in [-0.3, -0.25) is 0 Å². The Morgan fingerprint density at radius 3 is 2.28 bits per heavy atom. The lowest BCUT2D eigenvalue weighted by Gasteiger charge is -2.19.